The van der Waals surface area contributed by atoms with E-state index in [0.717, 1.165) is 0 Å². The zero-order valence-electron chi connectivity index (χ0n) is 12.0. The van der Waals surface area contributed by atoms with Crippen molar-refractivity contribution in [1.82, 2.24) is 4.98 Å². The quantitative estimate of drug-likeness (QED) is 0.583. The van der Waals surface area contributed by atoms with Crippen molar-refractivity contribution in [2.24, 2.45) is 0 Å². The Morgan fingerprint density at radius 1 is 1.39 bits per heavy atom. The van der Waals surface area contributed by atoms with Gasteiger partial charge in [-0.15, -0.1) is 0 Å². The number of halogens is 3. The number of alkyl halides is 2. The number of carbonyl (C=O) groups is 1. The maximum absolute atomic E-state index is 12.4. The normalized spacial score (nSPS) is 11.0. The van der Waals surface area contributed by atoms with Gasteiger partial charge in [-0.1, -0.05) is 17.7 Å². The van der Waals surface area contributed by atoms with Crippen molar-refractivity contribution < 1.29 is 23.0 Å². The molecule has 120 valence electrons. The summed E-state index contributed by atoms with van der Waals surface area (Å²) in [6.07, 6.45) is 5.83. The number of aromatic nitrogens is 1. The standard InChI is InChI=1S/C16H12ClF2NO3/c1-22-14-8-10(7-12(17)15(14)23-16(18)19)4-5-13(21)11-3-2-6-20-9-11/h2-9,16H,1H3/b5-4+. The van der Waals surface area contributed by atoms with Crippen molar-refractivity contribution in [1.29, 1.82) is 0 Å². The van der Waals surface area contributed by atoms with Gasteiger partial charge in [-0.05, 0) is 35.9 Å². The second-order valence-electron chi connectivity index (χ2n) is 4.35. The van der Waals surface area contributed by atoms with Crippen LogP contribution in [0.25, 0.3) is 6.08 Å². The summed E-state index contributed by atoms with van der Waals surface area (Å²) in [7, 11) is 1.30. The molecular weight excluding hydrogens is 328 g/mol. The first kappa shape index (κ1) is 16.9. The Kier molecular flexibility index (Phi) is 5.65. The van der Waals surface area contributed by atoms with Crippen LogP contribution in [0.15, 0.2) is 42.7 Å². The van der Waals surface area contributed by atoms with Gasteiger partial charge in [0.15, 0.2) is 17.3 Å². The Morgan fingerprint density at radius 2 is 2.17 bits per heavy atom. The van der Waals surface area contributed by atoms with E-state index in [2.05, 4.69) is 9.72 Å². The lowest BCUT2D eigenvalue weighted by Gasteiger charge is -2.12. The lowest BCUT2D eigenvalue weighted by Crippen LogP contribution is -2.04. The predicted octanol–water partition coefficient (Wildman–Crippen LogP) is 4.24. The number of hydrogen-bond donors (Lipinski definition) is 0. The molecule has 0 atom stereocenters. The van der Waals surface area contributed by atoms with E-state index < -0.39 is 6.61 Å². The molecule has 1 heterocycles. The Labute approximate surface area is 136 Å². The summed E-state index contributed by atoms with van der Waals surface area (Å²) in [5.74, 6) is -0.452. The van der Waals surface area contributed by atoms with Crippen molar-refractivity contribution in [3.8, 4) is 11.5 Å². The number of ether oxygens (including phenoxy) is 2. The molecule has 0 unspecified atom stereocenters. The molecule has 0 saturated heterocycles. The number of pyridine rings is 1. The van der Waals surface area contributed by atoms with Crippen LogP contribution >= 0.6 is 11.6 Å². The van der Waals surface area contributed by atoms with Crippen LogP contribution < -0.4 is 9.47 Å². The molecule has 2 rings (SSSR count). The molecule has 0 aliphatic rings. The zero-order valence-corrected chi connectivity index (χ0v) is 12.8. The van der Waals surface area contributed by atoms with Gasteiger partial charge in [0.05, 0.1) is 12.1 Å². The Bertz CT molecular complexity index is 721. The molecule has 0 aliphatic heterocycles. The van der Waals surface area contributed by atoms with E-state index in [-0.39, 0.29) is 22.3 Å². The minimum absolute atomic E-state index is 0.0434. The Morgan fingerprint density at radius 3 is 2.78 bits per heavy atom. The van der Waals surface area contributed by atoms with Gasteiger partial charge in [0.25, 0.3) is 0 Å². The molecule has 0 bridgehead atoms. The van der Waals surface area contributed by atoms with Gasteiger partial charge in [-0.3, -0.25) is 9.78 Å². The van der Waals surface area contributed by atoms with Crippen molar-refractivity contribution in [2.75, 3.05) is 7.11 Å². The lowest BCUT2D eigenvalue weighted by molar-refractivity contribution is -0.0511. The largest absolute Gasteiger partial charge is 0.493 e. The summed E-state index contributed by atoms with van der Waals surface area (Å²) in [5.41, 5.74) is 0.935. The van der Waals surface area contributed by atoms with Crippen molar-refractivity contribution in [3.05, 3.63) is 58.9 Å². The molecule has 7 heteroatoms. The molecule has 0 saturated carbocycles. The highest BCUT2D eigenvalue weighted by molar-refractivity contribution is 6.32. The summed E-state index contributed by atoms with van der Waals surface area (Å²) in [5, 5.41) is -0.0434. The van der Waals surface area contributed by atoms with Crippen molar-refractivity contribution >= 4 is 23.5 Å². The van der Waals surface area contributed by atoms with Gasteiger partial charge in [0, 0.05) is 18.0 Å². The maximum atomic E-state index is 12.4. The highest BCUT2D eigenvalue weighted by Crippen LogP contribution is 2.37. The van der Waals surface area contributed by atoms with Gasteiger partial charge in [0.2, 0.25) is 0 Å². The van der Waals surface area contributed by atoms with E-state index in [0.29, 0.717) is 11.1 Å². The summed E-state index contributed by atoms with van der Waals surface area (Å²) in [6, 6.07) is 6.12. The zero-order chi connectivity index (χ0) is 16.8. The average molecular weight is 340 g/mol. The summed E-state index contributed by atoms with van der Waals surface area (Å²) < 4.78 is 34.0. The number of allylic oxidation sites excluding steroid dienone is 1. The topological polar surface area (TPSA) is 48.4 Å². The van der Waals surface area contributed by atoms with Crippen molar-refractivity contribution in [3.63, 3.8) is 0 Å². The molecule has 2 aromatic rings. The second kappa shape index (κ2) is 7.69. The highest BCUT2D eigenvalue weighted by atomic mass is 35.5. The third-order valence-corrected chi connectivity index (χ3v) is 3.11. The molecule has 0 radical (unpaired) electrons. The van der Waals surface area contributed by atoms with Crippen LogP contribution in [-0.4, -0.2) is 24.5 Å². The molecule has 1 aromatic heterocycles. The summed E-state index contributed by atoms with van der Waals surface area (Å²) >= 11 is 5.92. The van der Waals surface area contributed by atoms with Gasteiger partial charge in [0.1, 0.15) is 0 Å². The number of nitrogens with zero attached hydrogens (tertiary/aromatic N) is 1. The third kappa shape index (κ3) is 4.50. The number of carbonyl (C=O) groups excluding carboxylic acids is 1. The first-order valence-electron chi connectivity index (χ1n) is 6.46. The molecule has 1 aromatic carbocycles. The fraction of sp³-hybridized carbons (Fsp3) is 0.125. The number of rotatable bonds is 6. The smallest absolute Gasteiger partial charge is 0.387 e. The van der Waals surface area contributed by atoms with E-state index >= 15 is 0 Å². The van der Waals surface area contributed by atoms with E-state index in [1.807, 2.05) is 0 Å². The highest BCUT2D eigenvalue weighted by Gasteiger charge is 2.15. The minimum Gasteiger partial charge on any atom is -0.493 e. The van der Waals surface area contributed by atoms with Crippen LogP contribution in [0.5, 0.6) is 11.5 Å². The van der Waals surface area contributed by atoms with E-state index in [9.17, 15) is 13.6 Å². The van der Waals surface area contributed by atoms with E-state index in [1.54, 1.807) is 18.3 Å². The first-order chi connectivity index (χ1) is 11.0. The van der Waals surface area contributed by atoms with Gasteiger partial charge >= 0.3 is 6.61 Å². The van der Waals surface area contributed by atoms with Crippen LogP contribution in [-0.2, 0) is 0 Å². The molecular formula is C16H12ClF2NO3. The van der Waals surface area contributed by atoms with Crippen LogP contribution in [0.2, 0.25) is 5.02 Å². The molecule has 0 amide bonds. The van der Waals surface area contributed by atoms with Crippen LogP contribution in [0.4, 0.5) is 8.78 Å². The SMILES string of the molecule is COc1cc(/C=C/C(=O)c2cccnc2)cc(Cl)c1OC(F)F. The minimum atomic E-state index is -3.02. The third-order valence-electron chi connectivity index (χ3n) is 2.83. The fourth-order valence-corrected chi connectivity index (χ4v) is 2.08. The Hall–Kier alpha value is -2.47. The molecule has 23 heavy (non-hydrogen) atoms. The fourth-order valence-electron chi connectivity index (χ4n) is 1.82. The number of benzene rings is 1. The van der Waals surface area contributed by atoms with Crippen molar-refractivity contribution in [2.45, 2.75) is 6.61 Å². The summed E-state index contributed by atoms with van der Waals surface area (Å²) in [6.45, 7) is -3.02. The number of methoxy groups -OCH3 is 1. The van der Waals surface area contributed by atoms with Crippen LogP contribution in [0.1, 0.15) is 15.9 Å². The summed E-state index contributed by atoms with van der Waals surface area (Å²) in [4.78, 5) is 15.8. The predicted molar refractivity (Wildman–Crippen MR) is 82.2 cm³/mol. The second-order valence-corrected chi connectivity index (χ2v) is 4.76. The van der Waals surface area contributed by atoms with Gasteiger partial charge in [-0.2, -0.15) is 8.78 Å². The lowest BCUT2D eigenvalue weighted by atomic mass is 10.1. The monoisotopic (exact) mass is 339 g/mol. The number of hydrogen-bond acceptors (Lipinski definition) is 4. The van der Waals surface area contributed by atoms with E-state index in [1.165, 1.54) is 37.6 Å². The molecule has 4 nitrogen and oxygen atoms in total. The molecule has 0 aliphatic carbocycles. The Balaban J connectivity index is 2.25. The van der Waals surface area contributed by atoms with Crippen LogP contribution in [0.3, 0.4) is 0 Å². The molecule has 0 fully saturated rings. The maximum Gasteiger partial charge on any atom is 0.387 e. The van der Waals surface area contributed by atoms with Gasteiger partial charge < -0.3 is 9.47 Å². The number of ketones is 1. The molecule has 0 N–H and O–H groups in total. The average Bonchev–Trinajstić information content (AvgIpc) is 2.55. The van der Waals surface area contributed by atoms with Gasteiger partial charge in [-0.25, -0.2) is 0 Å². The van der Waals surface area contributed by atoms with Crippen LogP contribution in [0, 0.1) is 0 Å². The molecule has 0 spiro atoms. The van der Waals surface area contributed by atoms with E-state index in [4.69, 9.17) is 16.3 Å². The first-order valence-corrected chi connectivity index (χ1v) is 6.84.